The highest BCUT2D eigenvalue weighted by Gasteiger charge is 2.17. The molecule has 6 nitrogen and oxygen atoms in total. The smallest absolute Gasteiger partial charge is 0.233 e. The predicted octanol–water partition coefficient (Wildman–Crippen LogP) is 3.93. The maximum Gasteiger partial charge on any atom is 0.233 e. The first-order valence-electron chi connectivity index (χ1n) is 8.90. The number of carbonyl (C=O) groups is 1. The summed E-state index contributed by atoms with van der Waals surface area (Å²) >= 11 is 1.41. The zero-order valence-electron chi connectivity index (χ0n) is 16.1. The molecule has 2 aromatic heterocycles. The molecular weight excluding hydrogens is 360 g/mol. The summed E-state index contributed by atoms with van der Waals surface area (Å²) in [4.78, 5) is 14.1. The quantitative estimate of drug-likeness (QED) is 0.578. The Hall–Kier alpha value is -2.54. The molecule has 1 aromatic carbocycles. The second-order valence-electron chi connectivity index (χ2n) is 6.47. The Morgan fingerprint density at radius 2 is 2.04 bits per heavy atom. The minimum Gasteiger partial charge on any atom is -0.464 e. The Morgan fingerprint density at radius 3 is 2.70 bits per heavy atom. The van der Waals surface area contributed by atoms with Crippen LogP contribution in [0.4, 0.5) is 0 Å². The molecule has 0 N–H and O–H groups in total. The van der Waals surface area contributed by atoms with Crippen molar-refractivity contribution >= 4 is 17.7 Å². The number of aryl methyl sites for hydroxylation is 2. The Labute approximate surface area is 163 Å². The number of thioether (sulfide) groups is 1. The van der Waals surface area contributed by atoms with Gasteiger partial charge in [-0.15, -0.1) is 10.2 Å². The molecule has 3 aromatic rings. The van der Waals surface area contributed by atoms with Crippen molar-refractivity contribution in [3.8, 4) is 11.4 Å². The lowest BCUT2D eigenvalue weighted by molar-refractivity contribution is -0.127. The topological polar surface area (TPSA) is 64.2 Å². The fourth-order valence-electron chi connectivity index (χ4n) is 2.81. The van der Waals surface area contributed by atoms with Crippen LogP contribution >= 0.6 is 11.8 Å². The highest BCUT2D eigenvalue weighted by molar-refractivity contribution is 7.99. The molecule has 0 bridgehead atoms. The number of rotatable bonds is 7. The van der Waals surface area contributed by atoms with Gasteiger partial charge in [0.1, 0.15) is 11.5 Å². The third kappa shape index (κ3) is 4.60. The van der Waals surface area contributed by atoms with E-state index in [1.165, 1.54) is 17.3 Å². The molecule has 27 heavy (non-hydrogen) atoms. The lowest BCUT2D eigenvalue weighted by Crippen LogP contribution is -2.27. The molecule has 0 aliphatic rings. The van der Waals surface area contributed by atoms with Gasteiger partial charge in [-0.2, -0.15) is 0 Å². The predicted molar refractivity (Wildman–Crippen MR) is 107 cm³/mol. The van der Waals surface area contributed by atoms with E-state index in [4.69, 9.17) is 4.42 Å². The summed E-state index contributed by atoms with van der Waals surface area (Å²) in [6.07, 6.45) is 0. The number of amides is 1. The molecule has 1 amide bonds. The van der Waals surface area contributed by atoms with E-state index >= 15 is 0 Å². The third-order valence-corrected chi connectivity index (χ3v) is 5.20. The van der Waals surface area contributed by atoms with Gasteiger partial charge >= 0.3 is 0 Å². The zero-order chi connectivity index (χ0) is 19.4. The van der Waals surface area contributed by atoms with E-state index in [-0.39, 0.29) is 5.91 Å². The van der Waals surface area contributed by atoms with Gasteiger partial charge in [-0.3, -0.25) is 4.79 Å². The average Bonchev–Trinajstić information content (AvgIpc) is 3.25. The second kappa shape index (κ2) is 8.43. The second-order valence-corrected chi connectivity index (χ2v) is 7.41. The normalized spacial score (nSPS) is 11.0. The number of benzene rings is 1. The highest BCUT2D eigenvalue weighted by Crippen LogP contribution is 2.25. The standard InChI is InChI=1S/C20H24N4O2S/c1-5-24-19(16-8-6-7-14(2)11-16)21-22-20(24)27-13-18(25)23(4)12-17-10-9-15(3)26-17/h6-11H,5,12-13H2,1-4H3. The molecule has 0 spiro atoms. The van der Waals surface area contributed by atoms with E-state index in [1.807, 2.05) is 35.8 Å². The van der Waals surface area contributed by atoms with Crippen LogP contribution in [0.25, 0.3) is 11.4 Å². The summed E-state index contributed by atoms with van der Waals surface area (Å²) in [6.45, 7) is 7.21. The molecule has 0 radical (unpaired) electrons. The zero-order valence-corrected chi connectivity index (χ0v) is 16.9. The maximum atomic E-state index is 12.5. The third-order valence-electron chi connectivity index (χ3n) is 4.25. The minimum absolute atomic E-state index is 0.0248. The summed E-state index contributed by atoms with van der Waals surface area (Å²) < 4.78 is 7.58. The number of hydrogen-bond acceptors (Lipinski definition) is 5. The molecular formula is C20H24N4O2S. The van der Waals surface area contributed by atoms with Crippen LogP contribution in [0.1, 0.15) is 24.0 Å². The largest absolute Gasteiger partial charge is 0.464 e. The van der Waals surface area contributed by atoms with Crippen molar-refractivity contribution in [1.29, 1.82) is 0 Å². The molecule has 0 saturated heterocycles. The summed E-state index contributed by atoms with van der Waals surface area (Å²) in [6, 6.07) is 12.0. The van der Waals surface area contributed by atoms with Crippen LogP contribution in [0.2, 0.25) is 0 Å². The number of furan rings is 1. The van der Waals surface area contributed by atoms with E-state index < -0.39 is 0 Å². The van der Waals surface area contributed by atoms with E-state index in [2.05, 4.69) is 36.2 Å². The van der Waals surface area contributed by atoms with Gasteiger partial charge < -0.3 is 13.9 Å². The molecule has 142 valence electrons. The Morgan fingerprint density at radius 1 is 1.22 bits per heavy atom. The fraction of sp³-hybridized carbons (Fsp3) is 0.350. The van der Waals surface area contributed by atoms with Gasteiger partial charge in [-0.05, 0) is 39.0 Å². The van der Waals surface area contributed by atoms with Crippen molar-refractivity contribution in [3.63, 3.8) is 0 Å². The van der Waals surface area contributed by atoms with Crippen molar-refractivity contribution in [2.75, 3.05) is 12.8 Å². The van der Waals surface area contributed by atoms with E-state index in [0.717, 1.165) is 34.6 Å². The van der Waals surface area contributed by atoms with Crippen molar-refractivity contribution in [1.82, 2.24) is 19.7 Å². The van der Waals surface area contributed by atoms with Crippen LogP contribution in [0.15, 0.2) is 46.0 Å². The Balaban J connectivity index is 1.66. The van der Waals surface area contributed by atoms with Gasteiger partial charge in [0.2, 0.25) is 5.91 Å². The minimum atomic E-state index is 0.0248. The number of carbonyl (C=O) groups excluding carboxylic acids is 1. The van der Waals surface area contributed by atoms with Crippen molar-refractivity contribution < 1.29 is 9.21 Å². The van der Waals surface area contributed by atoms with Crippen LogP contribution in [0.5, 0.6) is 0 Å². The van der Waals surface area contributed by atoms with Crippen LogP contribution in [-0.2, 0) is 17.9 Å². The molecule has 2 heterocycles. The van der Waals surface area contributed by atoms with Crippen molar-refractivity contribution in [2.24, 2.45) is 0 Å². The summed E-state index contributed by atoms with van der Waals surface area (Å²) in [7, 11) is 1.78. The van der Waals surface area contributed by atoms with Crippen molar-refractivity contribution in [3.05, 3.63) is 53.5 Å². The van der Waals surface area contributed by atoms with Gasteiger partial charge in [0.25, 0.3) is 0 Å². The van der Waals surface area contributed by atoms with Crippen LogP contribution in [0.3, 0.4) is 0 Å². The average molecular weight is 385 g/mol. The Bertz CT molecular complexity index is 932. The highest BCUT2D eigenvalue weighted by atomic mass is 32.2. The van der Waals surface area contributed by atoms with Gasteiger partial charge in [-0.25, -0.2) is 0 Å². The fourth-order valence-corrected chi connectivity index (χ4v) is 3.75. The first kappa shape index (κ1) is 19.2. The molecule has 7 heteroatoms. The number of hydrogen-bond donors (Lipinski definition) is 0. The van der Waals surface area contributed by atoms with Gasteiger partial charge in [0.15, 0.2) is 11.0 Å². The molecule has 0 aliphatic carbocycles. The molecule has 0 fully saturated rings. The SMILES string of the molecule is CCn1c(SCC(=O)N(C)Cc2ccc(C)o2)nnc1-c1cccc(C)c1. The lowest BCUT2D eigenvalue weighted by Gasteiger charge is -2.15. The maximum absolute atomic E-state index is 12.5. The monoisotopic (exact) mass is 384 g/mol. The van der Waals surface area contributed by atoms with Crippen LogP contribution in [-0.4, -0.2) is 38.4 Å². The first-order chi connectivity index (χ1) is 13.0. The van der Waals surface area contributed by atoms with Gasteiger partial charge in [0.05, 0.1) is 12.3 Å². The number of aromatic nitrogens is 3. The van der Waals surface area contributed by atoms with Crippen molar-refractivity contribution in [2.45, 2.75) is 39.0 Å². The number of nitrogens with zero attached hydrogens (tertiary/aromatic N) is 4. The molecule has 0 atom stereocenters. The van der Waals surface area contributed by atoms with Crippen LogP contribution < -0.4 is 0 Å². The van der Waals surface area contributed by atoms with Gasteiger partial charge in [-0.1, -0.05) is 35.5 Å². The van der Waals surface area contributed by atoms with E-state index in [1.54, 1.807) is 11.9 Å². The van der Waals surface area contributed by atoms with Gasteiger partial charge in [0, 0.05) is 19.2 Å². The summed E-state index contributed by atoms with van der Waals surface area (Å²) in [5.74, 6) is 2.79. The van der Waals surface area contributed by atoms with E-state index in [9.17, 15) is 4.79 Å². The molecule has 0 saturated carbocycles. The van der Waals surface area contributed by atoms with E-state index in [0.29, 0.717) is 12.3 Å². The molecule has 0 aliphatic heterocycles. The Kier molecular flexibility index (Phi) is 6.01. The van der Waals surface area contributed by atoms with Crippen LogP contribution in [0, 0.1) is 13.8 Å². The lowest BCUT2D eigenvalue weighted by atomic mass is 10.1. The summed E-state index contributed by atoms with van der Waals surface area (Å²) in [5, 5.41) is 9.40. The summed E-state index contributed by atoms with van der Waals surface area (Å²) in [5.41, 5.74) is 2.21. The molecule has 0 unspecified atom stereocenters. The first-order valence-corrected chi connectivity index (χ1v) is 9.88. The molecule has 3 rings (SSSR count).